The molecule has 0 saturated heterocycles. The third-order valence-electron chi connectivity index (χ3n) is 3.07. The average Bonchev–Trinajstić information content (AvgIpc) is 2.83. The SMILES string of the molecule is Cc1ccc2oc(C(=O)c3cc(F)ccc3Br)cc2c1. The molecule has 3 aromatic rings. The van der Waals surface area contributed by atoms with E-state index in [-0.39, 0.29) is 17.1 Å². The molecule has 1 heterocycles. The molecule has 0 N–H and O–H groups in total. The van der Waals surface area contributed by atoms with Crippen molar-refractivity contribution in [2.45, 2.75) is 6.92 Å². The standard InChI is InChI=1S/C16H10BrFO2/c1-9-2-5-14-10(6-9)7-15(20-14)16(19)12-8-11(18)3-4-13(12)17/h2-8H,1H3. The van der Waals surface area contributed by atoms with E-state index in [0.717, 1.165) is 10.9 Å². The van der Waals surface area contributed by atoms with Gasteiger partial charge in [0.05, 0.1) is 0 Å². The van der Waals surface area contributed by atoms with Crippen LogP contribution in [-0.2, 0) is 0 Å². The molecule has 100 valence electrons. The van der Waals surface area contributed by atoms with Gasteiger partial charge in [-0.3, -0.25) is 4.79 Å². The zero-order valence-electron chi connectivity index (χ0n) is 10.6. The van der Waals surface area contributed by atoms with Crippen molar-refractivity contribution in [2.75, 3.05) is 0 Å². The van der Waals surface area contributed by atoms with Crippen molar-refractivity contribution in [2.24, 2.45) is 0 Å². The zero-order valence-corrected chi connectivity index (χ0v) is 12.2. The van der Waals surface area contributed by atoms with Crippen LogP contribution in [0.1, 0.15) is 21.7 Å². The van der Waals surface area contributed by atoms with Gasteiger partial charge in [-0.05, 0) is 43.3 Å². The first-order chi connectivity index (χ1) is 9.54. The highest BCUT2D eigenvalue weighted by Crippen LogP contribution is 2.26. The lowest BCUT2D eigenvalue weighted by Gasteiger charge is -2.01. The minimum absolute atomic E-state index is 0.205. The van der Waals surface area contributed by atoms with Crippen molar-refractivity contribution in [3.05, 3.63) is 69.6 Å². The Kier molecular flexibility index (Phi) is 3.18. The summed E-state index contributed by atoms with van der Waals surface area (Å²) in [6, 6.07) is 11.4. The first-order valence-electron chi connectivity index (χ1n) is 6.04. The van der Waals surface area contributed by atoms with Crippen LogP contribution < -0.4 is 0 Å². The van der Waals surface area contributed by atoms with Crippen LogP contribution in [0.15, 0.2) is 51.4 Å². The van der Waals surface area contributed by atoms with Crippen LogP contribution in [0.25, 0.3) is 11.0 Å². The molecular formula is C16H10BrFO2. The molecule has 2 aromatic carbocycles. The van der Waals surface area contributed by atoms with Gasteiger partial charge in [0.2, 0.25) is 5.78 Å². The number of aryl methyl sites for hydroxylation is 1. The van der Waals surface area contributed by atoms with Crippen LogP contribution in [0.3, 0.4) is 0 Å². The zero-order chi connectivity index (χ0) is 14.3. The molecule has 1 aromatic heterocycles. The summed E-state index contributed by atoms with van der Waals surface area (Å²) in [5.74, 6) is -0.592. The molecule has 4 heteroatoms. The fourth-order valence-electron chi connectivity index (χ4n) is 2.08. The third-order valence-corrected chi connectivity index (χ3v) is 3.76. The smallest absolute Gasteiger partial charge is 0.229 e. The van der Waals surface area contributed by atoms with E-state index in [1.54, 1.807) is 6.07 Å². The number of furan rings is 1. The molecule has 3 rings (SSSR count). The van der Waals surface area contributed by atoms with Crippen molar-refractivity contribution >= 4 is 32.7 Å². The van der Waals surface area contributed by atoms with Crippen molar-refractivity contribution in [1.29, 1.82) is 0 Å². The predicted octanol–water partition coefficient (Wildman–Crippen LogP) is 4.87. The van der Waals surface area contributed by atoms with Gasteiger partial charge in [-0.2, -0.15) is 0 Å². The second-order valence-electron chi connectivity index (χ2n) is 4.61. The van der Waals surface area contributed by atoms with E-state index in [9.17, 15) is 9.18 Å². The van der Waals surface area contributed by atoms with E-state index in [2.05, 4.69) is 15.9 Å². The first kappa shape index (κ1) is 13.1. The molecule has 0 atom stereocenters. The summed E-state index contributed by atoms with van der Waals surface area (Å²) in [5.41, 5.74) is 1.98. The Morgan fingerprint density at radius 2 is 1.95 bits per heavy atom. The largest absolute Gasteiger partial charge is 0.453 e. The lowest BCUT2D eigenvalue weighted by Crippen LogP contribution is -2.01. The van der Waals surface area contributed by atoms with E-state index in [1.165, 1.54) is 18.2 Å². The maximum Gasteiger partial charge on any atom is 0.229 e. The minimum atomic E-state index is -0.455. The normalized spacial score (nSPS) is 10.9. The number of hydrogen-bond donors (Lipinski definition) is 0. The number of hydrogen-bond acceptors (Lipinski definition) is 2. The van der Waals surface area contributed by atoms with Crippen molar-refractivity contribution < 1.29 is 13.6 Å². The molecule has 0 bridgehead atoms. The van der Waals surface area contributed by atoms with Crippen LogP contribution in [0.4, 0.5) is 4.39 Å². The summed E-state index contributed by atoms with van der Waals surface area (Å²) in [4.78, 5) is 12.4. The van der Waals surface area contributed by atoms with Gasteiger partial charge in [0.1, 0.15) is 11.4 Å². The average molecular weight is 333 g/mol. The molecule has 2 nitrogen and oxygen atoms in total. The van der Waals surface area contributed by atoms with Crippen molar-refractivity contribution in [3.8, 4) is 0 Å². The summed E-state index contributed by atoms with van der Waals surface area (Å²) < 4.78 is 19.4. The summed E-state index contributed by atoms with van der Waals surface area (Å²) >= 11 is 3.25. The second kappa shape index (κ2) is 4.87. The molecule has 0 aliphatic heterocycles. The van der Waals surface area contributed by atoms with Gasteiger partial charge in [-0.15, -0.1) is 0 Å². The Morgan fingerprint density at radius 3 is 2.75 bits per heavy atom. The fraction of sp³-hybridized carbons (Fsp3) is 0.0625. The van der Waals surface area contributed by atoms with E-state index in [1.807, 2.05) is 25.1 Å². The molecule has 0 aliphatic carbocycles. The monoisotopic (exact) mass is 332 g/mol. The first-order valence-corrected chi connectivity index (χ1v) is 6.84. The molecular weight excluding hydrogens is 323 g/mol. The molecule has 0 aliphatic rings. The summed E-state index contributed by atoms with van der Waals surface area (Å²) in [5, 5.41) is 0.862. The molecule has 0 saturated carbocycles. The Hall–Kier alpha value is -1.94. The van der Waals surface area contributed by atoms with E-state index < -0.39 is 5.82 Å². The Bertz CT molecular complexity index is 820. The van der Waals surface area contributed by atoms with Crippen LogP contribution in [-0.4, -0.2) is 5.78 Å². The number of halogens is 2. The fourth-order valence-corrected chi connectivity index (χ4v) is 2.51. The molecule has 20 heavy (non-hydrogen) atoms. The van der Waals surface area contributed by atoms with Gasteiger partial charge in [-0.1, -0.05) is 27.6 Å². The topological polar surface area (TPSA) is 30.2 Å². The van der Waals surface area contributed by atoms with E-state index in [0.29, 0.717) is 10.1 Å². The summed E-state index contributed by atoms with van der Waals surface area (Å²) in [6.45, 7) is 1.97. The maximum atomic E-state index is 13.3. The predicted molar refractivity (Wildman–Crippen MR) is 78.5 cm³/mol. The minimum Gasteiger partial charge on any atom is -0.453 e. The number of benzene rings is 2. The van der Waals surface area contributed by atoms with Gasteiger partial charge in [0.15, 0.2) is 5.76 Å². The number of fused-ring (bicyclic) bond motifs is 1. The number of rotatable bonds is 2. The lowest BCUT2D eigenvalue weighted by molar-refractivity contribution is 0.101. The maximum absolute atomic E-state index is 13.3. The molecule has 0 unspecified atom stereocenters. The molecule has 0 fully saturated rings. The lowest BCUT2D eigenvalue weighted by atomic mass is 10.1. The van der Waals surface area contributed by atoms with Gasteiger partial charge in [0, 0.05) is 15.4 Å². The van der Waals surface area contributed by atoms with Crippen molar-refractivity contribution in [1.82, 2.24) is 0 Å². The number of carbonyl (C=O) groups is 1. The Labute approximate surface area is 123 Å². The van der Waals surface area contributed by atoms with Crippen LogP contribution in [0, 0.1) is 12.7 Å². The highest BCUT2D eigenvalue weighted by atomic mass is 79.9. The molecule has 0 spiro atoms. The molecule has 0 radical (unpaired) electrons. The molecule has 0 amide bonds. The van der Waals surface area contributed by atoms with E-state index >= 15 is 0 Å². The van der Waals surface area contributed by atoms with Crippen LogP contribution in [0.5, 0.6) is 0 Å². The number of carbonyl (C=O) groups excluding carboxylic acids is 1. The quantitative estimate of drug-likeness (QED) is 0.626. The highest BCUT2D eigenvalue weighted by molar-refractivity contribution is 9.10. The van der Waals surface area contributed by atoms with Crippen LogP contribution in [0.2, 0.25) is 0 Å². The van der Waals surface area contributed by atoms with Gasteiger partial charge in [0.25, 0.3) is 0 Å². The highest BCUT2D eigenvalue weighted by Gasteiger charge is 2.18. The van der Waals surface area contributed by atoms with Gasteiger partial charge in [-0.25, -0.2) is 4.39 Å². The Morgan fingerprint density at radius 1 is 1.15 bits per heavy atom. The Balaban J connectivity index is 2.10. The van der Waals surface area contributed by atoms with E-state index in [4.69, 9.17) is 4.42 Å². The summed E-state index contributed by atoms with van der Waals surface area (Å²) in [7, 11) is 0. The van der Waals surface area contributed by atoms with Crippen LogP contribution >= 0.6 is 15.9 Å². The second-order valence-corrected chi connectivity index (χ2v) is 5.46. The third kappa shape index (κ3) is 2.27. The van der Waals surface area contributed by atoms with Gasteiger partial charge >= 0.3 is 0 Å². The number of ketones is 1. The van der Waals surface area contributed by atoms with Gasteiger partial charge < -0.3 is 4.42 Å². The van der Waals surface area contributed by atoms with Crippen molar-refractivity contribution in [3.63, 3.8) is 0 Å². The summed E-state index contributed by atoms with van der Waals surface area (Å²) in [6.07, 6.45) is 0.